The van der Waals surface area contributed by atoms with Gasteiger partial charge in [0, 0.05) is 5.69 Å². The van der Waals surface area contributed by atoms with E-state index in [0.29, 0.717) is 27.8 Å². The molecule has 136 valence electrons. The normalized spacial score (nSPS) is 10.5. The smallest absolute Gasteiger partial charge is 0.329 e. The first-order valence-electron chi connectivity index (χ1n) is 7.57. The van der Waals surface area contributed by atoms with Gasteiger partial charge in [0.2, 0.25) is 0 Å². The van der Waals surface area contributed by atoms with Gasteiger partial charge in [-0.15, -0.1) is 0 Å². The second kappa shape index (κ2) is 8.87. The number of hydrazone groups is 1. The molecular weight excluding hydrogens is 358 g/mol. The number of nitrogens with one attached hydrogen (secondary N) is 2. The Morgan fingerprint density at radius 2 is 1.88 bits per heavy atom. The van der Waals surface area contributed by atoms with Crippen LogP contribution < -0.4 is 20.2 Å². The highest BCUT2D eigenvalue weighted by molar-refractivity contribution is 6.39. The molecule has 0 fully saturated rings. The fraction of sp³-hybridized carbons (Fsp3) is 0.167. The molecule has 7 nitrogen and oxygen atoms in total. The number of nitrogens with zero attached hydrogens (tertiary/aromatic N) is 1. The molecule has 2 N–H and O–H groups in total. The van der Waals surface area contributed by atoms with E-state index < -0.39 is 11.8 Å². The van der Waals surface area contributed by atoms with Crippen LogP contribution in [0.4, 0.5) is 5.69 Å². The molecule has 0 atom stereocenters. The molecule has 8 heteroatoms. The summed E-state index contributed by atoms with van der Waals surface area (Å²) < 4.78 is 10.3. The lowest BCUT2D eigenvalue weighted by Crippen LogP contribution is -2.32. The Morgan fingerprint density at radius 1 is 1.12 bits per heavy atom. The number of carbonyl (C=O) groups excluding carboxylic acids is 2. The molecule has 0 aromatic heterocycles. The van der Waals surface area contributed by atoms with Gasteiger partial charge in [0.05, 0.1) is 25.5 Å². The zero-order chi connectivity index (χ0) is 19.1. The van der Waals surface area contributed by atoms with Gasteiger partial charge < -0.3 is 14.8 Å². The molecule has 0 aliphatic rings. The van der Waals surface area contributed by atoms with Gasteiger partial charge in [-0.2, -0.15) is 5.10 Å². The van der Waals surface area contributed by atoms with E-state index in [4.69, 9.17) is 21.1 Å². The number of hydrogen-bond acceptors (Lipinski definition) is 5. The molecule has 0 saturated heterocycles. The molecule has 0 unspecified atom stereocenters. The van der Waals surface area contributed by atoms with E-state index in [-0.39, 0.29) is 0 Å². The molecule has 0 bridgehead atoms. The van der Waals surface area contributed by atoms with E-state index in [1.807, 2.05) is 13.0 Å². The van der Waals surface area contributed by atoms with Crippen molar-refractivity contribution in [3.8, 4) is 11.5 Å². The summed E-state index contributed by atoms with van der Waals surface area (Å²) in [7, 11) is 2.96. The van der Waals surface area contributed by atoms with Crippen molar-refractivity contribution in [2.75, 3.05) is 19.5 Å². The highest BCUT2D eigenvalue weighted by atomic mass is 35.5. The highest BCUT2D eigenvalue weighted by Gasteiger charge is 2.13. The molecule has 0 radical (unpaired) electrons. The minimum Gasteiger partial charge on any atom is -0.493 e. The summed E-state index contributed by atoms with van der Waals surface area (Å²) in [6.45, 7) is 1.88. The second-order valence-electron chi connectivity index (χ2n) is 5.26. The molecular formula is C18H18ClN3O4. The van der Waals surface area contributed by atoms with Crippen LogP contribution in [0.1, 0.15) is 11.1 Å². The Balaban J connectivity index is 2.00. The van der Waals surface area contributed by atoms with Gasteiger partial charge in [0.25, 0.3) is 0 Å². The first-order valence-corrected chi connectivity index (χ1v) is 7.95. The highest BCUT2D eigenvalue weighted by Crippen LogP contribution is 2.35. The Kier molecular flexibility index (Phi) is 6.57. The number of carbonyl (C=O) groups is 2. The van der Waals surface area contributed by atoms with Gasteiger partial charge in [-0.3, -0.25) is 9.59 Å². The van der Waals surface area contributed by atoms with Crippen LogP contribution in [0.3, 0.4) is 0 Å². The quantitative estimate of drug-likeness (QED) is 0.477. The Hall–Kier alpha value is -3.06. The van der Waals surface area contributed by atoms with Gasteiger partial charge >= 0.3 is 11.8 Å². The first kappa shape index (κ1) is 19.3. The van der Waals surface area contributed by atoms with Crippen molar-refractivity contribution in [3.63, 3.8) is 0 Å². The topological polar surface area (TPSA) is 89.0 Å². The van der Waals surface area contributed by atoms with Crippen LogP contribution in [-0.2, 0) is 9.59 Å². The van der Waals surface area contributed by atoms with Crippen LogP contribution in [0, 0.1) is 6.92 Å². The van der Waals surface area contributed by atoms with E-state index in [9.17, 15) is 9.59 Å². The average Bonchev–Trinajstić information content (AvgIpc) is 2.61. The van der Waals surface area contributed by atoms with E-state index in [1.165, 1.54) is 20.4 Å². The molecule has 0 aliphatic heterocycles. The number of rotatable bonds is 5. The van der Waals surface area contributed by atoms with Gasteiger partial charge in [-0.25, -0.2) is 5.43 Å². The zero-order valence-electron chi connectivity index (χ0n) is 14.5. The predicted molar refractivity (Wildman–Crippen MR) is 100 cm³/mol. The SMILES string of the molecule is COc1cc(/C=N\NC(=O)C(=O)Nc2cccc(C)c2)cc(Cl)c1OC. The number of methoxy groups -OCH3 is 2. The first-order chi connectivity index (χ1) is 12.4. The summed E-state index contributed by atoms with van der Waals surface area (Å²) >= 11 is 6.09. The minimum atomic E-state index is -0.894. The Bertz CT molecular complexity index is 852. The number of aryl methyl sites for hydroxylation is 1. The lowest BCUT2D eigenvalue weighted by Gasteiger charge is -2.09. The molecule has 2 amide bonds. The van der Waals surface area contributed by atoms with Crippen molar-refractivity contribution >= 4 is 35.3 Å². The van der Waals surface area contributed by atoms with Crippen LogP contribution in [0.5, 0.6) is 11.5 Å². The summed E-state index contributed by atoms with van der Waals surface area (Å²) in [6, 6.07) is 10.3. The maximum atomic E-state index is 11.8. The second-order valence-corrected chi connectivity index (χ2v) is 5.67. The molecule has 0 saturated carbocycles. The Labute approximate surface area is 155 Å². The van der Waals surface area contributed by atoms with E-state index >= 15 is 0 Å². The van der Waals surface area contributed by atoms with Crippen LogP contribution in [0.15, 0.2) is 41.5 Å². The maximum absolute atomic E-state index is 11.8. The molecule has 2 aromatic carbocycles. The molecule has 0 spiro atoms. The predicted octanol–water partition coefficient (Wildman–Crippen LogP) is 2.75. The van der Waals surface area contributed by atoms with Crippen molar-refractivity contribution in [3.05, 3.63) is 52.5 Å². The van der Waals surface area contributed by atoms with Crippen molar-refractivity contribution in [1.82, 2.24) is 5.43 Å². The molecule has 2 aromatic rings. The summed E-state index contributed by atoms with van der Waals surface area (Å²) in [4.78, 5) is 23.7. The molecule has 0 heterocycles. The van der Waals surface area contributed by atoms with Crippen molar-refractivity contribution in [2.45, 2.75) is 6.92 Å². The largest absolute Gasteiger partial charge is 0.493 e. The lowest BCUT2D eigenvalue weighted by molar-refractivity contribution is -0.136. The fourth-order valence-electron chi connectivity index (χ4n) is 2.14. The lowest BCUT2D eigenvalue weighted by atomic mass is 10.2. The van der Waals surface area contributed by atoms with Gasteiger partial charge in [0.1, 0.15) is 0 Å². The number of benzene rings is 2. The number of halogens is 1. The number of ether oxygens (including phenoxy) is 2. The third kappa shape index (κ3) is 4.97. The minimum absolute atomic E-state index is 0.330. The summed E-state index contributed by atoms with van der Waals surface area (Å²) in [6.07, 6.45) is 1.34. The number of amides is 2. The van der Waals surface area contributed by atoms with E-state index in [1.54, 1.807) is 30.3 Å². The van der Waals surface area contributed by atoms with E-state index in [0.717, 1.165) is 5.56 Å². The summed E-state index contributed by atoms with van der Waals surface area (Å²) in [5.74, 6) is -0.898. The standard InChI is InChI=1S/C18H18ClN3O4/c1-11-5-4-6-13(7-11)21-17(23)18(24)22-20-10-12-8-14(19)16(26-3)15(9-12)25-2/h4-10H,1-3H3,(H,21,23)(H,22,24)/b20-10-. The van der Waals surface area contributed by atoms with Crippen LogP contribution in [0.2, 0.25) is 5.02 Å². The number of anilines is 1. The average molecular weight is 376 g/mol. The third-order valence-corrected chi connectivity index (χ3v) is 3.60. The Morgan fingerprint density at radius 3 is 2.54 bits per heavy atom. The van der Waals surface area contributed by atoms with E-state index in [2.05, 4.69) is 15.8 Å². The zero-order valence-corrected chi connectivity index (χ0v) is 15.3. The van der Waals surface area contributed by atoms with Crippen LogP contribution >= 0.6 is 11.6 Å². The van der Waals surface area contributed by atoms with Crippen molar-refractivity contribution < 1.29 is 19.1 Å². The molecule has 2 rings (SSSR count). The summed E-state index contributed by atoms with van der Waals surface area (Å²) in [5.41, 5.74) is 4.21. The maximum Gasteiger partial charge on any atom is 0.329 e. The summed E-state index contributed by atoms with van der Waals surface area (Å²) in [5, 5.41) is 6.57. The number of hydrogen-bond donors (Lipinski definition) is 2. The molecule has 0 aliphatic carbocycles. The van der Waals surface area contributed by atoms with Gasteiger partial charge in [0.15, 0.2) is 11.5 Å². The van der Waals surface area contributed by atoms with Gasteiger partial charge in [-0.05, 0) is 42.3 Å². The van der Waals surface area contributed by atoms with Gasteiger partial charge in [-0.1, -0.05) is 23.7 Å². The van der Waals surface area contributed by atoms with Crippen molar-refractivity contribution in [2.24, 2.45) is 5.10 Å². The van der Waals surface area contributed by atoms with Crippen LogP contribution in [0.25, 0.3) is 0 Å². The van der Waals surface area contributed by atoms with Crippen LogP contribution in [-0.4, -0.2) is 32.2 Å². The fourth-order valence-corrected chi connectivity index (χ4v) is 2.44. The van der Waals surface area contributed by atoms with Crippen molar-refractivity contribution in [1.29, 1.82) is 0 Å². The third-order valence-electron chi connectivity index (χ3n) is 3.32. The molecule has 26 heavy (non-hydrogen) atoms. The monoisotopic (exact) mass is 375 g/mol.